The number of hydrazine groups is 1. The van der Waals surface area contributed by atoms with Crippen LogP contribution in [0.4, 0.5) is 0 Å². The molecule has 0 aromatic heterocycles. The number of hydrogen-bond acceptors (Lipinski definition) is 3. The number of hydrogen-bond donors (Lipinski definition) is 0. The Balaban J connectivity index is 2.46. The molecule has 0 aliphatic carbocycles. The topological polar surface area (TPSA) is 32.8 Å². The lowest BCUT2D eigenvalue weighted by molar-refractivity contribution is -0.154. The Morgan fingerprint density at radius 1 is 1.46 bits per heavy atom. The molecule has 1 heterocycles. The van der Waals surface area contributed by atoms with Gasteiger partial charge in [0.05, 0.1) is 13.2 Å². The SMILES string of the molecule is CCCN(C(C)=O)N1CCOCC1. The second-order valence-corrected chi connectivity index (χ2v) is 3.21. The molecule has 1 aliphatic rings. The fraction of sp³-hybridized carbons (Fsp3) is 0.889. The van der Waals surface area contributed by atoms with Crippen molar-refractivity contribution in [1.82, 2.24) is 10.0 Å². The van der Waals surface area contributed by atoms with Gasteiger partial charge in [-0.2, -0.15) is 0 Å². The van der Waals surface area contributed by atoms with E-state index < -0.39 is 0 Å². The molecule has 4 heteroatoms. The first-order valence-corrected chi connectivity index (χ1v) is 4.86. The zero-order valence-corrected chi connectivity index (χ0v) is 8.45. The smallest absolute Gasteiger partial charge is 0.233 e. The maximum atomic E-state index is 11.3. The Morgan fingerprint density at radius 3 is 2.54 bits per heavy atom. The van der Waals surface area contributed by atoms with Crippen molar-refractivity contribution >= 4 is 5.91 Å². The third kappa shape index (κ3) is 2.97. The Kier molecular flexibility index (Phi) is 4.18. The monoisotopic (exact) mass is 186 g/mol. The van der Waals surface area contributed by atoms with Crippen molar-refractivity contribution in [3.8, 4) is 0 Å². The van der Waals surface area contributed by atoms with Gasteiger partial charge in [-0.05, 0) is 6.42 Å². The number of ether oxygens (including phenoxy) is 1. The molecule has 1 amide bonds. The maximum Gasteiger partial charge on any atom is 0.233 e. The Morgan fingerprint density at radius 2 is 2.08 bits per heavy atom. The lowest BCUT2D eigenvalue weighted by Gasteiger charge is -2.36. The Hall–Kier alpha value is -0.610. The van der Waals surface area contributed by atoms with Crippen LogP contribution in [0.2, 0.25) is 0 Å². The van der Waals surface area contributed by atoms with Gasteiger partial charge in [-0.3, -0.25) is 9.80 Å². The van der Waals surface area contributed by atoms with Crippen LogP contribution in [0.25, 0.3) is 0 Å². The number of rotatable bonds is 3. The number of amides is 1. The lowest BCUT2D eigenvalue weighted by atomic mass is 10.4. The predicted octanol–water partition coefficient (Wildman–Crippen LogP) is 0.492. The van der Waals surface area contributed by atoms with Crippen LogP contribution in [-0.2, 0) is 9.53 Å². The van der Waals surface area contributed by atoms with Gasteiger partial charge in [-0.15, -0.1) is 0 Å². The average Bonchev–Trinajstić information content (AvgIpc) is 2.15. The number of carbonyl (C=O) groups excluding carboxylic acids is 1. The van der Waals surface area contributed by atoms with Crippen LogP contribution in [0.3, 0.4) is 0 Å². The standard InChI is InChI=1S/C9H18N2O2/c1-3-4-11(9(2)12)10-5-7-13-8-6-10/h3-8H2,1-2H3. The molecular weight excluding hydrogens is 168 g/mol. The van der Waals surface area contributed by atoms with E-state index in [2.05, 4.69) is 11.9 Å². The van der Waals surface area contributed by atoms with Crippen molar-refractivity contribution in [3.63, 3.8) is 0 Å². The Bertz CT molecular complexity index is 167. The molecular formula is C9H18N2O2. The summed E-state index contributed by atoms with van der Waals surface area (Å²) < 4.78 is 5.23. The summed E-state index contributed by atoms with van der Waals surface area (Å²) in [6.45, 7) is 7.64. The molecule has 0 atom stereocenters. The van der Waals surface area contributed by atoms with Crippen molar-refractivity contribution < 1.29 is 9.53 Å². The summed E-state index contributed by atoms with van der Waals surface area (Å²) in [5.41, 5.74) is 0. The van der Waals surface area contributed by atoms with Gasteiger partial charge in [0.25, 0.3) is 0 Å². The summed E-state index contributed by atoms with van der Waals surface area (Å²) in [6.07, 6.45) is 0.997. The lowest BCUT2D eigenvalue weighted by Crippen LogP contribution is -2.51. The van der Waals surface area contributed by atoms with Crippen LogP contribution in [0.1, 0.15) is 20.3 Å². The highest BCUT2D eigenvalue weighted by atomic mass is 16.5. The minimum atomic E-state index is 0.128. The molecule has 1 fully saturated rings. The number of morpholine rings is 1. The molecule has 0 saturated carbocycles. The molecule has 0 unspecified atom stereocenters. The van der Waals surface area contributed by atoms with Gasteiger partial charge in [-0.1, -0.05) is 6.92 Å². The molecule has 0 spiro atoms. The third-order valence-electron chi connectivity index (χ3n) is 2.13. The highest BCUT2D eigenvalue weighted by Gasteiger charge is 2.19. The average molecular weight is 186 g/mol. The van der Waals surface area contributed by atoms with Gasteiger partial charge >= 0.3 is 0 Å². The molecule has 76 valence electrons. The van der Waals surface area contributed by atoms with Crippen molar-refractivity contribution in [3.05, 3.63) is 0 Å². The summed E-state index contributed by atoms with van der Waals surface area (Å²) in [7, 11) is 0. The highest BCUT2D eigenvalue weighted by Crippen LogP contribution is 2.04. The van der Waals surface area contributed by atoms with Crippen LogP contribution < -0.4 is 0 Å². The van der Waals surface area contributed by atoms with Gasteiger partial charge < -0.3 is 4.74 Å². The molecule has 1 saturated heterocycles. The summed E-state index contributed by atoms with van der Waals surface area (Å²) in [5, 5.41) is 3.90. The van der Waals surface area contributed by atoms with E-state index in [-0.39, 0.29) is 5.91 Å². The summed E-state index contributed by atoms with van der Waals surface area (Å²) >= 11 is 0. The van der Waals surface area contributed by atoms with E-state index in [4.69, 9.17) is 4.74 Å². The van der Waals surface area contributed by atoms with E-state index in [9.17, 15) is 4.79 Å². The second kappa shape index (κ2) is 5.19. The fourth-order valence-corrected chi connectivity index (χ4v) is 1.50. The highest BCUT2D eigenvalue weighted by molar-refractivity contribution is 5.72. The summed E-state index contributed by atoms with van der Waals surface area (Å²) in [4.78, 5) is 11.3. The molecule has 1 aliphatic heterocycles. The van der Waals surface area contributed by atoms with E-state index in [0.29, 0.717) is 0 Å². The van der Waals surface area contributed by atoms with Gasteiger partial charge in [0, 0.05) is 26.6 Å². The van der Waals surface area contributed by atoms with Crippen LogP contribution in [-0.4, -0.2) is 48.8 Å². The van der Waals surface area contributed by atoms with Gasteiger partial charge in [-0.25, -0.2) is 5.01 Å². The van der Waals surface area contributed by atoms with Crippen LogP contribution in [0.15, 0.2) is 0 Å². The third-order valence-corrected chi connectivity index (χ3v) is 2.13. The van der Waals surface area contributed by atoms with Gasteiger partial charge in [0.1, 0.15) is 0 Å². The summed E-state index contributed by atoms with van der Waals surface area (Å²) in [6, 6.07) is 0. The van der Waals surface area contributed by atoms with E-state index in [1.54, 1.807) is 6.92 Å². The molecule has 0 bridgehead atoms. The van der Waals surface area contributed by atoms with E-state index in [1.807, 2.05) is 5.01 Å². The van der Waals surface area contributed by atoms with Crippen LogP contribution >= 0.6 is 0 Å². The minimum absolute atomic E-state index is 0.128. The van der Waals surface area contributed by atoms with E-state index in [1.165, 1.54) is 0 Å². The van der Waals surface area contributed by atoms with E-state index >= 15 is 0 Å². The van der Waals surface area contributed by atoms with Crippen molar-refractivity contribution in [2.45, 2.75) is 20.3 Å². The first kappa shape index (κ1) is 10.5. The van der Waals surface area contributed by atoms with Crippen LogP contribution in [0.5, 0.6) is 0 Å². The van der Waals surface area contributed by atoms with Crippen LogP contribution in [0, 0.1) is 0 Å². The normalized spacial score (nSPS) is 18.6. The quantitative estimate of drug-likeness (QED) is 0.643. The summed E-state index contributed by atoms with van der Waals surface area (Å²) in [5.74, 6) is 0.128. The number of carbonyl (C=O) groups is 1. The fourth-order valence-electron chi connectivity index (χ4n) is 1.50. The van der Waals surface area contributed by atoms with Crippen molar-refractivity contribution in [2.24, 2.45) is 0 Å². The van der Waals surface area contributed by atoms with Crippen molar-refractivity contribution in [1.29, 1.82) is 0 Å². The molecule has 0 aromatic rings. The van der Waals surface area contributed by atoms with Gasteiger partial charge in [0.2, 0.25) is 5.91 Å². The van der Waals surface area contributed by atoms with E-state index in [0.717, 1.165) is 39.3 Å². The van der Waals surface area contributed by atoms with Crippen molar-refractivity contribution in [2.75, 3.05) is 32.8 Å². The molecule has 13 heavy (non-hydrogen) atoms. The molecule has 1 rings (SSSR count). The zero-order chi connectivity index (χ0) is 9.68. The first-order valence-electron chi connectivity index (χ1n) is 4.86. The second-order valence-electron chi connectivity index (χ2n) is 3.21. The first-order chi connectivity index (χ1) is 6.25. The maximum absolute atomic E-state index is 11.3. The Labute approximate surface area is 79.4 Å². The van der Waals surface area contributed by atoms with Gasteiger partial charge in [0.15, 0.2) is 0 Å². The molecule has 4 nitrogen and oxygen atoms in total. The molecule has 0 radical (unpaired) electrons. The largest absolute Gasteiger partial charge is 0.379 e. The number of nitrogens with zero attached hydrogens (tertiary/aromatic N) is 2. The minimum Gasteiger partial charge on any atom is -0.379 e. The predicted molar refractivity (Wildman–Crippen MR) is 50.1 cm³/mol. The molecule has 0 aromatic carbocycles. The molecule has 0 N–H and O–H groups in total. The zero-order valence-electron chi connectivity index (χ0n) is 8.45.